The van der Waals surface area contributed by atoms with Gasteiger partial charge in [0.05, 0.1) is 11.4 Å². The van der Waals surface area contributed by atoms with E-state index in [1.165, 1.54) is 4.31 Å². The summed E-state index contributed by atoms with van der Waals surface area (Å²) in [6.45, 7) is 5.86. The Balaban J connectivity index is 2.27. The number of aryl methyl sites for hydroxylation is 1. The summed E-state index contributed by atoms with van der Waals surface area (Å²) in [4.78, 5) is 12.7. The Morgan fingerprint density at radius 1 is 1.11 bits per heavy atom. The summed E-state index contributed by atoms with van der Waals surface area (Å²) >= 11 is 3.32. The van der Waals surface area contributed by atoms with E-state index < -0.39 is 10.0 Å². The second-order valence-electron chi connectivity index (χ2n) is 6.97. The molecule has 1 N–H and O–H groups in total. The molecule has 0 heterocycles. The van der Waals surface area contributed by atoms with E-state index >= 15 is 0 Å². The molecule has 28 heavy (non-hydrogen) atoms. The Kier molecular flexibility index (Phi) is 8.22. The number of carbonyl (C=O) groups is 1. The van der Waals surface area contributed by atoms with Gasteiger partial charge in [0.25, 0.3) is 0 Å². The Labute approximate surface area is 176 Å². The van der Waals surface area contributed by atoms with Crippen LogP contribution in [-0.4, -0.2) is 31.2 Å². The molecule has 5 nitrogen and oxygen atoms in total. The number of hydrogen-bond acceptors (Lipinski definition) is 3. The number of carbonyl (C=O) groups excluding carboxylic acids is 1. The number of amides is 1. The van der Waals surface area contributed by atoms with E-state index in [0.717, 1.165) is 28.4 Å². The zero-order valence-corrected chi connectivity index (χ0v) is 18.9. The summed E-state index contributed by atoms with van der Waals surface area (Å²) in [5.41, 5.74) is 1.93. The minimum Gasteiger partial charge on any atom is -0.353 e. The van der Waals surface area contributed by atoms with Crippen LogP contribution in [0.15, 0.2) is 57.9 Å². The van der Waals surface area contributed by atoms with Crippen LogP contribution in [0.25, 0.3) is 0 Å². The first-order chi connectivity index (χ1) is 13.2. The third-order valence-electron chi connectivity index (χ3n) is 4.38. The quantitative estimate of drug-likeness (QED) is 0.600. The van der Waals surface area contributed by atoms with Crippen molar-refractivity contribution in [1.29, 1.82) is 0 Å². The van der Waals surface area contributed by atoms with E-state index in [4.69, 9.17) is 0 Å². The van der Waals surface area contributed by atoms with Gasteiger partial charge in [0.15, 0.2) is 0 Å². The van der Waals surface area contributed by atoms with Crippen molar-refractivity contribution in [2.45, 2.75) is 51.1 Å². The lowest BCUT2D eigenvalue weighted by molar-refractivity contribution is -0.122. The average molecular weight is 467 g/mol. The van der Waals surface area contributed by atoms with Crippen LogP contribution >= 0.6 is 15.9 Å². The zero-order valence-electron chi connectivity index (χ0n) is 16.5. The Morgan fingerprint density at radius 3 is 2.29 bits per heavy atom. The lowest BCUT2D eigenvalue weighted by Crippen LogP contribution is -2.43. The van der Waals surface area contributed by atoms with Gasteiger partial charge in [0.2, 0.25) is 15.9 Å². The van der Waals surface area contributed by atoms with Gasteiger partial charge in [-0.3, -0.25) is 4.79 Å². The highest BCUT2D eigenvalue weighted by molar-refractivity contribution is 9.10. The van der Waals surface area contributed by atoms with Crippen LogP contribution in [-0.2, 0) is 21.4 Å². The summed E-state index contributed by atoms with van der Waals surface area (Å²) in [6.07, 6.45) is 1.80. The maximum absolute atomic E-state index is 13.2. The number of nitrogens with one attached hydrogen (secondary N) is 1. The van der Waals surface area contributed by atoms with E-state index in [9.17, 15) is 13.2 Å². The van der Waals surface area contributed by atoms with Crippen LogP contribution in [0.2, 0.25) is 0 Å². The third-order valence-corrected chi connectivity index (χ3v) is 6.71. The lowest BCUT2D eigenvalue weighted by atomic mass is 10.1. The predicted octanol–water partition coefficient (Wildman–Crippen LogP) is 4.25. The Hall–Kier alpha value is -1.70. The standard InChI is InChI=1S/C21H27BrN2O3S/c1-4-5-17(3)23-21(25)15-24(14-18-8-6-16(2)7-9-18)28(26,27)20-12-10-19(22)11-13-20/h6-13,17H,4-5,14-15H2,1-3H3,(H,23,25)/t17-/m1/s1. The van der Waals surface area contributed by atoms with Gasteiger partial charge in [-0.05, 0) is 50.1 Å². The molecule has 0 saturated heterocycles. The van der Waals surface area contributed by atoms with E-state index in [-0.39, 0.29) is 29.9 Å². The second kappa shape index (κ2) is 10.2. The van der Waals surface area contributed by atoms with Crippen molar-refractivity contribution < 1.29 is 13.2 Å². The fourth-order valence-electron chi connectivity index (χ4n) is 2.86. The molecule has 2 aromatic rings. The number of nitrogens with zero attached hydrogens (tertiary/aromatic N) is 1. The van der Waals surface area contributed by atoms with E-state index in [0.29, 0.717) is 0 Å². The molecule has 7 heteroatoms. The first-order valence-corrected chi connectivity index (χ1v) is 11.6. The van der Waals surface area contributed by atoms with Crippen molar-refractivity contribution in [3.8, 4) is 0 Å². The van der Waals surface area contributed by atoms with Gasteiger partial charge in [-0.15, -0.1) is 0 Å². The molecule has 0 aromatic heterocycles. The van der Waals surface area contributed by atoms with Crippen molar-refractivity contribution in [2.75, 3.05) is 6.54 Å². The lowest BCUT2D eigenvalue weighted by Gasteiger charge is -2.23. The summed E-state index contributed by atoms with van der Waals surface area (Å²) in [5, 5.41) is 2.89. The molecule has 0 aliphatic heterocycles. The van der Waals surface area contributed by atoms with Crippen LogP contribution in [0.3, 0.4) is 0 Å². The molecule has 0 fully saturated rings. The van der Waals surface area contributed by atoms with Crippen LogP contribution in [0.4, 0.5) is 0 Å². The molecule has 0 radical (unpaired) electrons. The molecule has 0 aliphatic rings. The molecular weight excluding hydrogens is 440 g/mol. The molecule has 152 valence electrons. The predicted molar refractivity (Wildman–Crippen MR) is 115 cm³/mol. The van der Waals surface area contributed by atoms with Crippen molar-refractivity contribution in [2.24, 2.45) is 0 Å². The van der Waals surface area contributed by atoms with Crippen molar-refractivity contribution in [3.05, 3.63) is 64.1 Å². The fraction of sp³-hybridized carbons (Fsp3) is 0.381. The maximum atomic E-state index is 13.2. The molecule has 2 rings (SSSR count). The number of halogens is 1. The number of sulfonamides is 1. The minimum absolute atomic E-state index is 0.00843. The van der Waals surface area contributed by atoms with Crippen LogP contribution in [0.5, 0.6) is 0 Å². The average Bonchev–Trinajstić information content (AvgIpc) is 2.63. The van der Waals surface area contributed by atoms with Gasteiger partial charge in [0, 0.05) is 17.1 Å². The van der Waals surface area contributed by atoms with Crippen LogP contribution < -0.4 is 5.32 Å². The molecule has 1 amide bonds. The highest BCUT2D eigenvalue weighted by Gasteiger charge is 2.27. The summed E-state index contributed by atoms with van der Waals surface area (Å²) in [6, 6.07) is 14.1. The van der Waals surface area contributed by atoms with Crippen molar-refractivity contribution >= 4 is 31.9 Å². The monoisotopic (exact) mass is 466 g/mol. The van der Waals surface area contributed by atoms with Gasteiger partial charge >= 0.3 is 0 Å². The molecule has 1 atom stereocenters. The number of hydrogen-bond donors (Lipinski definition) is 1. The minimum atomic E-state index is -3.82. The van der Waals surface area contributed by atoms with E-state index in [1.54, 1.807) is 24.3 Å². The highest BCUT2D eigenvalue weighted by atomic mass is 79.9. The van der Waals surface area contributed by atoms with Gasteiger partial charge in [-0.2, -0.15) is 4.31 Å². The largest absolute Gasteiger partial charge is 0.353 e. The Morgan fingerprint density at radius 2 is 1.71 bits per heavy atom. The molecule has 0 bridgehead atoms. The molecule has 0 aliphatic carbocycles. The third kappa shape index (κ3) is 6.43. The molecule has 0 unspecified atom stereocenters. The zero-order chi connectivity index (χ0) is 20.7. The van der Waals surface area contributed by atoms with E-state index in [1.807, 2.05) is 45.0 Å². The second-order valence-corrected chi connectivity index (χ2v) is 9.82. The number of benzene rings is 2. The SMILES string of the molecule is CCC[C@@H](C)NC(=O)CN(Cc1ccc(C)cc1)S(=O)(=O)c1ccc(Br)cc1. The normalized spacial score (nSPS) is 12.8. The number of rotatable bonds is 9. The Bertz CT molecular complexity index is 881. The topological polar surface area (TPSA) is 66.5 Å². The summed E-state index contributed by atoms with van der Waals surface area (Å²) < 4.78 is 28.4. The molecular formula is C21H27BrN2O3S. The summed E-state index contributed by atoms with van der Waals surface area (Å²) in [5.74, 6) is -0.297. The summed E-state index contributed by atoms with van der Waals surface area (Å²) in [7, 11) is -3.82. The van der Waals surface area contributed by atoms with Gasteiger partial charge < -0.3 is 5.32 Å². The van der Waals surface area contributed by atoms with Gasteiger partial charge in [-0.1, -0.05) is 59.1 Å². The maximum Gasteiger partial charge on any atom is 0.243 e. The van der Waals surface area contributed by atoms with Gasteiger partial charge in [-0.25, -0.2) is 8.42 Å². The molecule has 0 spiro atoms. The smallest absolute Gasteiger partial charge is 0.243 e. The fourth-order valence-corrected chi connectivity index (χ4v) is 4.51. The van der Waals surface area contributed by atoms with E-state index in [2.05, 4.69) is 21.2 Å². The van der Waals surface area contributed by atoms with Crippen molar-refractivity contribution in [3.63, 3.8) is 0 Å². The van der Waals surface area contributed by atoms with Gasteiger partial charge in [0.1, 0.15) is 0 Å². The molecule has 0 saturated carbocycles. The highest BCUT2D eigenvalue weighted by Crippen LogP contribution is 2.21. The van der Waals surface area contributed by atoms with Crippen molar-refractivity contribution in [1.82, 2.24) is 9.62 Å². The van der Waals surface area contributed by atoms with Crippen LogP contribution in [0.1, 0.15) is 37.8 Å². The molecule has 2 aromatic carbocycles. The first-order valence-electron chi connectivity index (χ1n) is 9.33. The first kappa shape index (κ1) is 22.6. The van der Waals surface area contributed by atoms with Crippen LogP contribution in [0, 0.1) is 6.92 Å².